The second kappa shape index (κ2) is 6.00. The third kappa shape index (κ3) is 4.00. The number of benzene rings is 1. The average molecular weight is 289 g/mol. The lowest BCUT2D eigenvalue weighted by Gasteiger charge is -2.33. The molecule has 21 heavy (non-hydrogen) atoms. The maximum Gasteiger partial charge on any atom is 0.123 e. The molecule has 0 aromatic heterocycles. The molecule has 0 radical (unpaired) electrons. The molecule has 0 spiro atoms. The molecule has 2 heteroatoms. The maximum atomic E-state index is 5.59. The van der Waals surface area contributed by atoms with Crippen LogP contribution in [0.3, 0.4) is 0 Å². The average Bonchev–Trinajstić information content (AvgIpc) is 2.88. The van der Waals surface area contributed by atoms with E-state index in [2.05, 4.69) is 58.1 Å². The predicted molar refractivity (Wildman–Crippen MR) is 90.1 cm³/mol. The first-order valence-electron chi connectivity index (χ1n) is 8.15. The minimum absolute atomic E-state index is 0.178. The maximum absolute atomic E-state index is 5.59. The fraction of sp³-hybridized carbons (Fsp3) is 0.684. The Morgan fingerprint density at radius 1 is 1.19 bits per heavy atom. The predicted octanol–water partition coefficient (Wildman–Crippen LogP) is 4.83. The molecule has 0 amide bonds. The van der Waals surface area contributed by atoms with Gasteiger partial charge in [0.2, 0.25) is 0 Å². The minimum atomic E-state index is 0.178. The van der Waals surface area contributed by atoms with E-state index in [0.717, 1.165) is 12.3 Å². The van der Waals surface area contributed by atoms with Crippen molar-refractivity contribution >= 4 is 0 Å². The van der Waals surface area contributed by atoms with E-state index in [-0.39, 0.29) is 5.41 Å². The zero-order valence-corrected chi connectivity index (χ0v) is 14.5. The van der Waals surface area contributed by atoms with Crippen LogP contribution in [0.4, 0.5) is 0 Å². The summed E-state index contributed by atoms with van der Waals surface area (Å²) in [5.41, 5.74) is 3.25. The third-order valence-corrected chi connectivity index (χ3v) is 4.42. The number of rotatable bonds is 4. The van der Waals surface area contributed by atoms with E-state index in [1.165, 1.54) is 30.4 Å². The number of nitrogens with one attached hydrogen (secondary N) is 1. The van der Waals surface area contributed by atoms with Crippen LogP contribution in [0.15, 0.2) is 18.2 Å². The van der Waals surface area contributed by atoms with Gasteiger partial charge in [0.25, 0.3) is 0 Å². The van der Waals surface area contributed by atoms with Gasteiger partial charge in [-0.15, -0.1) is 0 Å². The van der Waals surface area contributed by atoms with Gasteiger partial charge in [-0.05, 0) is 54.3 Å². The second-order valence-corrected chi connectivity index (χ2v) is 8.23. The van der Waals surface area contributed by atoms with E-state index in [1.54, 1.807) is 7.11 Å². The normalized spacial score (nSPS) is 19.8. The van der Waals surface area contributed by atoms with Gasteiger partial charge in [0.1, 0.15) is 5.75 Å². The largest absolute Gasteiger partial charge is 0.496 e. The van der Waals surface area contributed by atoms with E-state index in [9.17, 15) is 0 Å². The summed E-state index contributed by atoms with van der Waals surface area (Å²) in [4.78, 5) is 0. The van der Waals surface area contributed by atoms with Gasteiger partial charge in [0.05, 0.1) is 7.11 Å². The van der Waals surface area contributed by atoms with Gasteiger partial charge in [-0.3, -0.25) is 0 Å². The molecule has 1 aromatic rings. The molecule has 0 aliphatic carbocycles. The Bertz CT molecular complexity index is 479. The smallest absolute Gasteiger partial charge is 0.123 e. The summed E-state index contributed by atoms with van der Waals surface area (Å²) in [5.74, 6) is 1.02. The first kappa shape index (κ1) is 16.4. The Hall–Kier alpha value is -1.02. The van der Waals surface area contributed by atoms with Gasteiger partial charge in [-0.2, -0.15) is 0 Å². The number of ether oxygens (including phenoxy) is 1. The topological polar surface area (TPSA) is 21.3 Å². The van der Waals surface area contributed by atoms with Crippen molar-refractivity contribution in [2.45, 2.75) is 65.3 Å². The molecular formula is C19H31NO. The molecule has 1 unspecified atom stereocenters. The van der Waals surface area contributed by atoms with Gasteiger partial charge in [-0.25, -0.2) is 0 Å². The highest BCUT2D eigenvalue weighted by Gasteiger charge is 2.29. The Morgan fingerprint density at radius 3 is 2.43 bits per heavy atom. The van der Waals surface area contributed by atoms with Crippen LogP contribution < -0.4 is 10.1 Å². The molecule has 1 fully saturated rings. The lowest BCUT2D eigenvalue weighted by molar-refractivity contribution is 0.283. The molecule has 1 N–H and O–H groups in total. The zero-order valence-electron chi connectivity index (χ0n) is 14.5. The van der Waals surface area contributed by atoms with E-state index in [1.807, 2.05) is 0 Å². The fourth-order valence-corrected chi connectivity index (χ4v) is 3.81. The quantitative estimate of drug-likeness (QED) is 0.857. The van der Waals surface area contributed by atoms with Crippen LogP contribution in [0.2, 0.25) is 0 Å². The standard InChI is InChI=1S/C19H31NO/c1-18(2,3)13-19(4,5)14-9-10-17(21-6)15(12-14)16-8-7-11-20-16/h9-10,12,16,20H,7-8,11,13H2,1-6H3. The highest BCUT2D eigenvalue weighted by Crippen LogP contribution is 2.39. The van der Waals surface area contributed by atoms with E-state index >= 15 is 0 Å². The Balaban J connectivity index is 2.34. The molecule has 2 rings (SSSR count). The Morgan fingerprint density at radius 2 is 1.90 bits per heavy atom. The van der Waals surface area contributed by atoms with Crippen molar-refractivity contribution in [3.63, 3.8) is 0 Å². The molecule has 2 nitrogen and oxygen atoms in total. The molecule has 0 bridgehead atoms. The molecule has 1 saturated heterocycles. The number of methoxy groups -OCH3 is 1. The van der Waals surface area contributed by atoms with E-state index in [4.69, 9.17) is 4.74 Å². The summed E-state index contributed by atoms with van der Waals surface area (Å²) in [6.07, 6.45) is 3.63. The zero-order chi connectivity index (χ0) is 15.7. The highest BCUT2D eigenvalue weighted by molar-refractivity contribution is 5.42. The molecular weight excluding hydrogens is 258 g/mol. The lowest BCUT2D eigenvalue weighted by Crippen LogP contribution is -2.25. The second-order valence-electron chi connectivity index (χ2n) is 8.23. The van der Waals surface area contributed by atoms with Crippen LogP contribution in [0.25, 0.3) is 0 Å². The van der Waals surface area contributed by atoms with Gasteiger partial charge >= 0.3 is 0 Å². The summed E-state index contributed by atoms with van der Waals surface area (Å²) in [6.45, 7) is 12.8. The van der Waals surface area contributed by atoms with Crippen LogP contribution in [0, 0.1) is 5.41 Å². The third-order valence-electron chi connectivity index (χ3n) is 4.42. The van der Waals surface area contributed by atoms with E-state index in [0.29, 0.717) is 11.5 Å². The summed E-state index contributed by atoms with van der Waals surface area (Å²) in [7, 11) is 1.77. The Kier molecular flexibility index (Phi) is 4.67. The first-order valence-corrected chi connectivity index (χ1v) is 8.15. The van der Waals surface area contributed by atoms with Crippen LogP contribution in [-0.4, -0.2) is 13.7 Å². The van der Waals surface area contributed by atoms with E-state index < -0.39 is 0 Å². The van der Waals surface area contributed by atoms with Crippen molar-refractivity contribution in [3.8, 4) is 5.75 Å². The molecule has 1 aliphatic heterocycles. The number of hydrogen-bond donors (Lipinski definition) is 1. The van der Waals surface area contributed by atoms with Gasteiger partial charge < -0.3 is 10.1 Å². The van der Waals surface area contributed by atoms with Crippen molar-refractivity contribution in [2.24, 2.45) is 5.41 Å². The molecule has 1 heterocycles. The van der Waals surface area contributed by atoms with Crippen molar-refractivity contribution < 1.29 is 4.74 Å². The lowest BCUT2D eigenvalue weighted by atomic mass is 9.72. The Labute approximate surface area is 130 Å². The van der Waals surface area contributed by atoms with Crippen LogP contribution in [-0.2, 0) is 5.41 Å². The molecule has 1 aliphatic rings. The first-order chi connectivity index (χ1) is 9.73. The minimum Gasteiger partial charge on any atom is -0.496 e. The summed E-state index contributed by atoms with van der Waals surface area (Å²) >= 11 is 0. The molecule has 1 aromatic carbocycles. The van der Waals surface area contributed by atoms with Crippen molar-refractivity contribution in [1.29, 1.82) is 0 Å². The summed E-state index contributed by atoms with van der Waals surface area (Å²) < 4.78 is 5.59. The van der Waals surface area contributed by atoms with Crippen LogP contribution in [0.1, 0.15) is 71.0 Å². The number of hydrogen-bond acceptors (Lipinski definition) is 2. The van der Waals surface area contributed by atoms with Crippen molar-refractivity contribution in [3.05, 3.63) is 29.3 Å². The summed E-state index contributed by atoms with van der Waals surface area (Å²) in [5, 5.41) is 3.59. The van der Waals surface area contributed by atoms with Crippen LogP contribution >= 0.6 is 0 Å². The van der Waals surface area contributed by atoms with Crippen LogP contribution in [0.5, 0.6) is 5.75 Å². The monoisotopic (exact) mass is 289 g/mol. The van der Waals surface area contributed by atoms with Gasteiger partial charge in [0.15, 0.2) is 0 Å². The van der Waals surface area contributed by atoms with Crippen molar-refractivity contribution in [1.82, 2.24) is 5.32 Å². The van der Waals surface area contributed by atoms with Gasteiger partial charge in [0, 0.05) is 11.6 Å². The highest BCUT2D eigenvalue weighted by atomic mass is 16.5. The van der Waals surface area contributed by atoms with Gasteiger partial charge in [-0.1, -0.05) is 40.7 Å². The molecule has 1 atom stereocenters. The molecule has 0 saturated carbocycles. The summed E-state index contributed by atoms with van der Waals surface area (Å²) in [6, 6.07) is 7.21. The fourth-order valence-electron chi connectivity index (χ4n) is 3.81. The molecule has 118 valence electrons. The van der Waals surface area contributed by atoms with Crippen molar-refractivity contribution in [2.75, 3.05) is 13.7 Å². The SMILES string of the molecule is COc1ccc(C(C)(C)CC(C)(C)C)cc1C1CCCN1.